The Balaban J connectivity index is 2.28. The molecule has 0 amide bonds. The van der Waals surface area contributed by atoms with Crippen LogP contribution in [0.2, 0.25) is 5.02 Å². The third-order valence-corrected chi connectivity index (χ3v) is 3.95. The molecule has 1 atom stereocenters. The second-order valence-corrected chi connectivity index (χ2v) is 5.74. The smallest absolute Gasteiger partial charge is 0.310 e. The minimum Gasteiger partial charge on any atom is -0.370 e. The first-order chi connectivity index (χ1) is 8.99. The average molecular weight is 298 g/mol. The van der Waals surface area contributed by atoms with E-state index < -0.39 is 4.92 Å². The maximum atomic E-state index is 11.0. The van der Waals surface area contributed by atoms with Crippen molar-refractivity contribution in [1.29, 1.82) is 0 Å². The molecule has 5 nitrogen and oxygen atoms in total. The quantitative estimate of drug-likeness (QED) is 0.679. The number of benzene rings is 1. The minimum absolute atomic E-state index is 0.107. The third kappa shape index (κ3) is 3.02. The highest BCUT2D eigenvalue weighted by Gasteiger charge is 2.20. The van der Waals surface area contributed by atoms with Crippen molar-refractivity contribution in [3.05, 3.63) is 49.4 Å². The number of thiazole rings is 1. The van der Waals surface area contributed by atoms with Crippen LogP contribution in [0.15, 0.2) is 24.4 Å². The molecule has 100 valence electrons. The maximum absolute atomic E-state index is 11.0. The number of nitro groups is 1. The Hall–Kier alpha value is -1.66. The molecule has 19 heavy (non-hydrogen) atoms. The van der Waals surface area contributed by atoms with Crippen LogP contribution in [-0.4, -0.2) is 9.91 Å². The lowest BCUT2D eigenvalue weighted by Crippen LogP contribution is -2.08. The molecule has 1 aromatic carbocycles. The predicted molar refractivity (Wildman–Crippen MR) is 77.0 cm³/mol. The highest BCUT2D eigenvalue weighted by molar-refractivity contribution is 7.11. The fourth-order valence-corrected chi connectivity index (χ4v) is 2.70. The lowest BCUT2D eigenvalue weighted by molar-refractivity contribution is -0.383. The molecular weight excluding hydrogens is 286 g/mol. The van der Waals surface area contributed by atoms with E-state index in [2.05, 4.69) is 10.3 Å². The van der Waals surface area contributed by atoms with E-state index in [4.69, 9.17) is 11.6 Å². The van der Waals surface area contributed by atoms with Crippen molar-refractivity contribution in [3.8, 4) is 0 Å². The van der Waals surface area contributed by atoms with Gasteiger partial charge in [0.05, 0.1) is 11.0 Å². The number of hydrogen-bond acceptors (Lipinski definition) is 5. The fourth-order valence-electron chi connectivity index (χ4n) is 1.68. The van der Waals surface area contributed by atoms with Crippen LogP contribution in [0, 0.1) is 17.0 Å². The summed E-state index contributed by atoms with van der Waals surface area (Å²) in [5.41, 5.74) is 0.294. The maximum Gasteiger partial charge on any atom is 0.310 e. The van der Waals surface area contributed by atoms with E-state index >= 15 is 0 Å². The van der Waals surface area contributed by atoms with Crippen LogP contribution in [0.4, 0.5) is 11.4 Å². The zero-order chi connectivity index (χ0) is 14.0. The monoisotopic (exact) mass is 297 g/mol. The van der Waals surface area contributed by atoms with E-state index in [1.54, 1.807) is 29.7 Å². The molecule has 2 aromatic rings. The van der Waals surface area contributed by atoms with Gasteiger partial charge in [0, 0.05) is 11.1 Å². The average Bonchev–Trinajstić information content (AvgIpc) is 2.75. The number of nitrogens with one attached hydrogen (secondary N) is 1. The molecule has 1 heterocycles. The zero-order valence-corrected chi connectivity index (χ0v) is 12.0. The second kappa shape index (κ2) is 5.54. The predicted octanol–water partition coefficient (Wildman–Crippen LogP) is 4.19. The van der Waals surface area contributed by atoms with Crippen molar-refractivity contribution in [2.75, 3.05) is 5.32 Å². The van der Waals surface area contributed by atoms with Gasteiger partial charge in [-0.1, -0.05) is 17.7 Å². The molecule has 1 aromatic heterocycles. The van der Waals surface area contributed by atoms with Gasteiger partial charge in [-0.25, -0.2) is 4.98 Å². The summed E-state index contributed by atoms with van der Waals surface area (Å²) < 4.78 is 0. The van der Waals surface area contributed by atoms with E-state index in [0.717, 1.165) is 9.88 Å². The van der Waals surface area contributed by atoms with Crippen LogP contribution in [-0.2, 0) is 0 Å². The van der Waals surface area contributed by atoms with Crippen molar-refractivity contribution in [3.63, 3.8) is 0 Å². The molecule has 0 aliphatic rings. The Morgan fingerprint density at radius 1 is 1.53 bits per heavy atom. The minimum atomic E-state index is -0.482. The summed E-state index contributed by atoms with van der Waals surface area (Å²) in [4.78, 5) is 15.9. The Labute approximate surface area is 119 Å². The van der Waals surface area contributed by atoms with Gasteiger partial charge in [-0.05, 0) is 26.0 Å². The van der Waals surface area contributed by atoms with Crippen LogP contribution < -0.4 is 5.32 Å². The second-order valence-electron chi connectivity index (χ2n) is 4.07. The molecule has 1 N–H and O–H groups in total. The van der Waals surface area contributed by atoms with Gasteiger partial charge < -0.3 is 5.32 Å². The number of nitro benzene ring substituents is 1. The summed E-state index contributed by atoms with van der Waals surface area (Å²) in [6, 6.07) is 4.71. The molecule has 0 saturated heterocycles. The molecule has 0 aliphatic carbocycles. The van der Waals surface area contributed by atoms with Gasteiger partial charge in [-0.3, -0.25) is 10.1 Å². The van der Waals surface area contributed by atoms with Crippen molar-refractivity contribution >= 4 is 34.3 Å². The molecule has 0 saturated carbocycles. The molecule has 2 rings (SSSR count). The Morgan fingerprint density at radius 3 is 2.84 bits per heavy atom. The number of rotatable bonds is 4. The van der Waals surface area contributed by atoms with Crippen molar-refractivity contribution in [2.45, 2.75) is 19.9 Å². The largest absolute Gasteiger partial charge is 0.370 e. The summed E-state index contributed by atoms with van der Waals surface area (Å²) in [5, 5.41) is 15.1. The summed E-state index contributed by atoms with van der Waals surface area (Å²) >= 11 is 7.42. The highest BCUT2D eigenvalue weighted by atomic mass is 35.5. The zero-order valence-electron chi connectivity index (χ0n) is 10.4. The number of aromatic nitrogens is 1. The molecule has 0 fully saturated rings. The normalized spacial score (nSPS) is 12.2. The lowest BCUT2D eigenvalue weighted by atomic mass is 10.2. The highest BCUT2D eigenvalue weighted by Crippen LogP contribution is 2.34. The van der Waals surface area contributed by atoms with Crippen LogP contribution in [0.25, 0.3) is 0 Å². The Morgan fingerprint density at radius 2 is 2.26 bits per heavy atom. The summed E-state index contributed by atoms with van der Waals surface area (Å²) in [5.74, 6) is 0. The SMILES string of the molecule is Cc1cnc(C(C)Nc2cccc(Cl)c2[N+](=O)[O-])s1. The Bertz CT molecular complexity index is 615. The molecule has 1 unspecified atom stereocenters. The first kappa shape index (κ1) is 13.8. The molecule has 0 bridgehead atoms. The number of nitrogens with zero attached hydrogens (tertiary/aromatic N) is 2. The standard InChI is InChI=1S/C12H12ClN3O2S/c1-7-6-14-12(19-7)8(2)15-10-5-3-4-9(13)11(10)16(17)18/h3-6,8,15H,1-2H3. The first-order valence-electron chi connectivity index (χ1n) is 5.61. The van der Waals surface area contributed by atoms with Crippen molar-refractivity contribution in [2.24, 2.45) is 0 Å². The lowest BCUT2D eigenvalue weighted by Gasteiger charge is -2.13. The number of halogens is 1. The fraction of sp³-hybridized carbons (Fsp3) is 0.250. The summed E-state index contributed by atoms with van der Waals surface area (Å²) in [7, 11) is 0. The third-order valence-electron chi connectivity index (χ3n) is 2.55. The summed E-state index contributed by atoms with van der Waals surface area (Å²) in [6.07, 6.45) is 1.78. The molecular formula is C12H12ClN3O2S. The van der Waals surface area contributed by atoms with Gasteiger partial charge in [-0.15, -0.1) is 11.3 Å². The van der Waals surface area contributed by atoms with Gasteiger partial charge in [0.2, 0.25) is 0 Å². The van der Waals surface area contributed by atoms with E-state index in [-0.39, 0.29) is 16.8 Å². The molecule has 0 spiro atoms. The van der Waals surface area contributed by atoms with Gasteiger partial charge in [0.25, 0.3) is 0 Å². The van der Waals surface area contributed by atoms with Crippen LogP contribution in [0.1, 0.15) is 22.9 Å². The van der Waals surface area contributed by atoms with Crippen molar-refractivity contribution < 1.29 is 4.92 Å². The van der Waals surface area contributed by atoms with E-state index in [1.165, 1.54) is 6.07 Å². The number of anilines is 1. The van der Waals surface area contributed by atoms with Gasteiger partial charge in [0.15, 0.2) is 0 Å². The summed E-state index contributed by atoms with van der Waals surface area (Å²) in [6.45, 7) is 3.87. The topological polar surface area (TPSA) is 68.1 Å². The van der Waals surface area contributed by atoms with Crippen LogP contribution >= 0.6 is 22.9 Å². The molecule has 0 aliphatic heterocycles. The van der Waals surface area contributed by atoms with E-state index in [9.17, 15) is 10.1 Å². The van der Waals surface area contributed by atoms with Gasteiger partial charge in [-0.2, -0.15) is 0 Å². The van der Waals surface area contributed by atoms with Crippen LogP contribution in [0.3, 0.4) is 0 Å². The number of hydrogen-bond donors (Lipinski definition) is 1. The van der Waals surface area contributed by atoms with Crippen LogP contribution in [0.5, 0.6) is 0 Å². The number of aryl methyl sites for hydroxylation is 1. The van der Waals surface area contributed by atoms with E-state index in [1.807, 2.05) is 13.8 Å². The Kier molecular flexibility index (Phi) is 4.01. The first-order valence-corrected chi connectivity index (χ1v) is 6.80. The van der Waals surface area contributed by atoms with E-state index in [0.29, 0.717) is 5.69 Å². The number of para-hydroxylation sites is 1. The van der Waals surface area contributed by atoms with Gasteiger partial charge >= 0.3 is 5.69 Å². The molecule has 7 heteroatoms. The van der Waals surface area contributed by atoms with Crippen molar-refractivity contribution in [1.82, 2.24) is 4.98 Å². The van der Waals surface area contributed by atoms with Gasteiger partial charge in [0.1, 0.15) is 15.7 Å². The molecule has 0 radical (unpaired) electrons.